The van der Waals surface area contributed by atoms with Crippen LogP contribution < -0.4 is 0 Å². The molecule has 0 aliphatic heterocycles. The Hall–Kier alpha value is -0.800. The molecule has 3 aromatic heterocycles. The lowest BCUT2D eigenvalue weighted by Crippen LogP contribution is -1.55. The van der Waals surface area contributed by atoms with Gasteiger partial charge in [-0.1, -0.05) is 0 Å². The van der Waals surface area contributed by atoms with E-state index in [0.29, 0.717) is 0 Å². The van der Waals surface area contributed by atoms with E-state index in [0.717, 1.165) is 0 Å². The van der Waals surface area contributed by atoms with Crippen molar-refractivity contribution in [2.45, 2.75) is 0 Å². The van der Waals surface area contributed by atoms with Crippen molar-refractivity contribution in [2.24, 2.45) is 0 Å². The van der Waals surface area contributed by atoms with Crippen LogP contribution in [0.2, 0.25) is 0 Å². The monoisotopic (exact) mass is 179 g/mol. The fourth-order valence-corrected chi connectivity index (χ4v) is 3.21. The minimum Gasteiger partial charge on any atom is -0.353 e. The van der Waals surface area contributed by atoms with E-state index in [1.54, 1.807) is 0 Å². The molecular formula is C8H5NS2. The predicted octanol–water partition coefficient (Wildman–Crippen LogP) is 3.44. The normalized spacial score (nSPS) is 11.6. The lowest BCUT2D eigenvalue weighted by atomic mass is 10.5. The van der Waals surface area contributed by atoms with Crippen LogP contribution in [0.3, 0.4) is 0 Å². The van der Waals surface area contributed by atoms with Crippen molar-refractivity contribution in [1.82, 2.24) is 4.98 Å². The molecule has 3 heterocycles. The second kappa shape index (κ2) is 1.87. The first-order valence-corrected chi connectivity index (χ1v) is 5.13. The molecule has 1 N–H and O–H groups in total. The van der Waals surface area contributed by atoms with Crippen molar-refractivity contribution in [3.63, 3.8) is 0 Å². The molecule has 0 bridgehead atoms. The number of thiophene rings is 2. The predicted molar refractivity (Wildman–Crippen MR) is 51.6 cm³/mol. The highest BCUT2D eigenvalue weighted by Gasteiger charge is 2.04. The van der Waals surface area contributed by atoms with Crippen LogP contribution in [0, 0.1) is 0 Å². The number of H-pyrrole nitrogens is 1. The van der Waals surface area contributed by atoms with E-state index in [1.165, 1.54) is 20.4 Å². The van der Waals surface area contributed by atoms with E-state index in [9.17, 15) is 0 Å². The van der Waals surface area contributed by atoms with E-state index in [4.69, 9.17) is 0 Å². The number of aromatic nitrogens is 1. The summed E-state index contributed by atoms with van der Waals surface area (Å²) in [6, 6.07) is 4.26. The van der Waals surface area contributed by atoms with Gasteiger partial charge in [0.05, 0.1) is 20.4 Å². The quantitative estimate of drug-likeness (QED) is 0.544. The molecule has 0 saturated heterocycles. The van der Waals surface area contributed by atoms with Crippen molar-refractivity contribution in [3.8, 4) is 0 Å². The molecule has 3 aromatic rings. The molecule has 11 heavy (non-hydrogen) atoms. The third kappa shape index (κ3) is 0.645. The van der Waals surface area contributed by atoms with Gasteiger partial charge in [-0.25, -0.2) is 0 Å². The summed E-state index contributed by atoms with van der Waals surface area (Å²) in [5, 5.41) is 4.25. The maximum Gasteiger partial charge on any atom is 0.0698 e. The van der Waals surface area contributed by atoms with Crippen molar-refractivity contribution < 1.29 is 0 Å². The summed E-state index contributed by atoms with van der Waals surface area (Å²) in [7, 11) is 0. The first-order valence-electron chi connectivity index (χ1n) is 3.37. The van der Waals surface area contributed by atoms with Gasteiger partial charge >= 0.3 is 0 Å². The first-order chi connectivity index (χ1) is 5.45. The Labute approximate surface area is 71.3 Å². The van der Waals surface area contributed by atoms with Gasteiger partial charge < -0.3 is 4.98 Å². The molecule has 0 unspecified atom stereocenters. The van der Waals surface area contributed by atoms with Crippen LogP contribution in [0.5, 0.6) is 0 Å². The zero-order chi connectivity index (χ0) is 7.26. The van der Waals surface area contributed by atoms with Crippen molar-refractivity contribution in [1.29, 1.82) is 0 Å². The smallest absolute Gasteiger partial charge is 0.0698 e. The molecule has 1 nitrogen and oxygen atoms in total. The van der Waals surface area contributed by atoms with Gasteiger partial charge in [0.25, 0.3) is 0 Å². The van der Waals surface area contributed by atoms with Crippen molar-refractivity contribution in [3.05, 3.63) is 22.9 Å². The SMILES string of the molecule is c1cc2[nH]c3ccsc3c2s1. The third-order valence-electron chi connectivity index (χ3n) is 1.81. The van der Waals surface area contributed by atoms with Gasteiger partial charge in [-0.05, 0) is 22.9 Å². The largest absolute Gasteiger partial charge is 0.353 e. The second-order valence-corrected chi connectivity index (χ2v) is 4.28. The summed E-state index contributed by atoms with van der Waals surface area (Å²) < 4.78 is 2.80. The number of nitrogens with one attached hydrogen (secondary N) is 1. The summed E-state index contributed by atoms with van der Waals surface area (Å²) in [6.45, 7) is 0. The van der Waals surface area contributed by atoms with E-state index < -0.39 is 0 Å². The average Bonchev–Trinajstić information content (AvgIpc) is 2.52. The molecule has 0 radical (unpaired) electrons. The number of aromatic amines is 1. The zero-order valence-electron chi connectivity index (χ0n) is 5.63. The molecular weight excluding hydrogens is 174 g/mol. The highest BCUT2D eigenvalue weighted by Crippen LogP contribution is 2.33. The average molecular weight is 179 g/mol. The van der Waals surface area contributed by atoms with Gasteiger partial charge in [0.1, 0.15) is 0 Å². The molecule has 0 atom stereocenters. The second-order valence-electron chi connectivity index (χ2n) is 2.45. The Balaban J connectivity index is 2.75. The molecule has 3 heteroatoms. The minimum absolute atomic E-state index is 1.27. The van der Waals surface area contributed by atoms with Crippen LogP contribution in [-0.4, -0.2) is 4.98 Å². The number of hydrogen-bond donors (Lipinski definition) is 1. The first kappa shape index (κ1) is 5.80. The summed E-state index contributed by atoms with van der Waals surface area (Å²) in [6.07, 6.45) is 0. The highest BCUT2D eigenvalue weighted by molar-refractivity contribution is 7.25. The standard InChI is InChI=1S/C8H5NS2/c1-3-10-7-5(1)9-6-2-4-11-8(6)7/h1-4,9H. The van der Waals surface area contributed by atoms with Gasteiger partial charge in [-0.3, -0.25) is 0 Å². The van der Waals surface area contributed by atoms with E-state index in [1.807, 2.05) is 22.7 Å². The molecule has 0 saturated carbocycles. The van der Waals surface area contributed by atoms with Gasteiger partial charge in [0.2, 0.25) is 0 Å². The van der Waals surface area contributed by atoms with Crippen molar-refractivity contribution in [2.75, 3.05) is 0 Å². The topological polar surface area (TPSA) is 15.8 Å². The molecule has 0 aromatic carbocycles. The summed E-state index contributed by atoms with van der Waals surface area (Å²) >= 11 is 3.61. The van der Waals surface area contributed by atoms with E-state index in [-0.39, 0.29) is 0 Å². The number of fused-ring (bicyclic) bond motifs is 3. The van der Waals surface area contributed by atoms with E-state index >= 15 is 0 Å². The lowest BCUT2D eigenvalue weighted by Gasteiger charge is -1.71. The molecule has 0 fully saturated rings. The minimum atomic E-state index is 1.27. The summed E-state index contributed by atoms with van der Waals surface area (Å²) in [4.78, 5) is 3.36. The Morgan fingerprint density at radius 1 is 0.909 bits per heavy atom. The Morgan fingerprint density at radius 2 is 1.45 bits per heavy atom. The molecule has 0 amide bonds. The van der Waals surface area contributed by atoms with Gasteiger partial charge in [-0.2, -0.15) is 0 Å². The molecule has 0 aliphatic rings. The molecule has 54 valence electrons. The van der Waals surface area contributed by atoms with Gasteiger partial charge in [0, 0.05) is 0 Å². The van der Waals surface area contributed by atoms with Crippen LogP contribution in [0.1, 0.15) is 0 Å². The summed E-state index contributed by atoms with van der Waals surface area (Å²) in [5.41, 5.74) is 2.55. The molecule has 0 spiro atoms. The van der Waals surface area contributed by atoms with Crippen LogP contribution >= 0.6 is 22.7 Å². The zero-order valence-corrected chi connectivity index (χ0v) is 7.26. The Bertz CT molecular complexity index is 455. The Morgan fingerprint density at radius 3 is 2.00 bits per heavy atom. The fraction of sp³-hybridized carbons (Fsp3) is 0. The van der Waals surface area contributed by atoms with Crippen LogP contribution in [0.25, 0.3) is 20.4 Å². The highest BCUT2D eigenvalue weighted by atomic mass is 32.1. The van der Waals surface area contributed by atoms with Crippen LogP contribution in [-0.2, 0) is 0 Å². The van der Waals surface area contributed by atoms with Crippen LogP contribution in [0.15, 0.2) is 22.9 Å². The Kier molecular flexibility index (Phi) is 0.985. The van der Waals surface area contributed by atoms with Crippen LogP contribution in [0.4, 0.5) is 0 Å². The fourth-order valence-electron chi connectivity index (χ4n) is 1.31. The lowest BCUT2D eigenvalue weighted by molar-refractivity contribution is 1.57. The van der Waals surface area contributed by atoms with E-state index in [2.05, 4.69) is 27.9 Å². The summed E-state index contributed by atoms with van der Waals surface area (Å²) in [5.74, 6) is 0. The third-order valence-corrected chi connectivity index (χ3v) is 3.80. The number of rotatable bonds is 0. The number of hydrogen-bond acceptors (Lipinski definition) is 2. The molecule has 0 aliphatic carbocycles. The molecule has 3 rings (SSSR count). The van der Waals surface area contributed by atoms with Crippen molar-refractivity contribution >= 4 is 43.1 Å². The van der Waals surface area contributed by atoms with Gasteiger partial charge in [-0.15, -0.1) is 22.7 Å². The maximum atomic E-state index is 3.36. The van der Waals surface area contributed by atoms with Gasteiger partial charge in [0.15, 0.2) is 0 Å². The maximum absolute atomic E-state index is 3.36.